The zero-order chi connectivity index (χ0) is 9.99. The van der Waals surface area contributed by atoms with E-state index in [1.54, 1.807) is 0 Å². The second-order valence-electron chi connectivity index (χ2n) is 1.89. The van der Waals surface area contributed by atoms with Crippen LogP contribution >= 0.6 is 0 Å². The zero-order valence-corrected chi connectivity index (χ0v) is 5.96. The van der Waals surface area contributed by atoms with Gasteiger partial charge in [0.2, 0.25) is 0 Å². The first-order valence-electron chi connectivity index (χ1n) is 2.93. The maximum Gasteiger partial charge on any atom is 0.459 e. The first-order chi connectivity index (χ1) is 5.23. The Labute approximate surface area is 64.3 Å². The van der Waals surface area contributed by atoms with Crippen molar-refractivity contribution in [3.05, 3.63) is 0 Å². The van der Waals surface area contributed by atoms with E-state index in [-0.39, 0.29) is 0 Å². The molecular formula is C5H6F6O. The van der Waals surface area contributed by atoms with E-state index in [0.29, 0.717) is 0 Å². The molecule has 0 aliphatic carbocycles. The Morgan fingerprint density at radius 3 is 1.83 bits per heavy atom. The highest BCUT2D eigenvalue weighted by Gasteiger charge is 2.64. The van der Waals surface area contributed by atoms with Gasteiger partial charge in [0.1, 0.15) is 0 Å². The molecule has 0 saturated heterocycles. The van der Waals surface area contributed by atoms with E-state index in [2.05, 4.69) is 4.74 Å². The summed E-state index contributed by atoms with van der Waals surface area (Å²) in [6, 6.07) is 0. The van der Waals surface area contributed by atoms with Gasteiger partial charge in [-0.1, -0.05) is 0 Å². The summed E-state index contributed by atoms with van der Waals surface area (Å²) in [6.45, 7) is 0.561. The van der Waals surface area contributed by atoms with E-state index in [0.717, 1.165) is 6.92 Å². The number of alkyl halides is 6. The quantitative estimate of drug-likeness (QED) is 0.630. The maximum absolute atomic E-state index is 12.0. The molecule has 0 radical (unpaired) electrons. The first kappa shape index (κ1) is 11.5. The summed E-state index contributed by atoms with van der Waals surface area (Å²) in [7, 11) is 0. The van der Waals surface area contributed by atoms with Crippen LogP contribution in [-0.2, 0) is 4.74 Å². The summed E-state index contributed by atoms with van der Waals surface area (Å²) in [4.78, 5) is 0. The fourth-order valence-electron chi connectivity index (χ4n) is 0.380. The van der Waals surface area contributed by atoms with E-state index in [1.807, 2.05) is 0 Å². The van der Waals surface area contributed by atoms with Crippen molar-refractivity contribution in [1.82, 2.24) is 0 Å². The fourth-order valence-corrected chi connectivity index (χ4v) is 0.380. The molecule has 0 rings (SSSR count). The minimum atomic E-state index is -5.92. The Morgan fingerprint density at radius 1 is 1.17 bits per heavy atom. The number of hydrogen-bond acceptors (Lipinski definition) is 1. The topological polar surface area (TPSA) is 9.23 Å². The van der Waals surface area contributed by atoms with E-state index in [9.17, 15) is 26.3 Å². The Kier molecular flexibility index (Phi) is 3.37. The molecule has 0 fully saturated rings. The van der Waals surface area contributed by atoms with Crippen LogP contribution in [0.1, 0.15) is 6.92 Å². The van der Waals surface area contributed by atoms with Crippen LogP contribution in [0.4, 0.5) is 26.3 Å². The third kappa shape index (κ3) is 2.26. The van der Waals surface area contributed by atoms with Gasteiger partial charge in [0.25, 0.3) is 6.36 Å². The second-order valence-corrected chi connectivity index (χ2v) is 1.89. The molecule has 0 spiro atoms. The van der Waals surface area contributed by atoms with Crippen molar-refractivity contribution in [3.63, 3.8) is 0 Å². The molecule has 12 heavy (non-hydrogen) atoms. The van der Waals surface area contributed by atoms with Gasteiger partial charge in [-0.3, -0.25) is 0 Å². The van der Waals surface area contributed by atoms with Gasteiger partial charge in [-0.15, -0.1) is 0 Å². The first-order valence-corrected chi connectivity index (χ1v) is 2.93. The summed E-state index contributed by atoms with van der Waals surface area (Å²) < 4.78 is 73.3. The minimum absolute atomic E-state index is 0.549. The molecule has 74 valence electrons. The van der Waals surface area contributed by atoms with Gasteiger partial charge in [0, 0.05) is 6.61 Å². The molecule has 0 aliphatic rings. The molecule has 0 aromatic carbocycles. The fraction of sp³-hybridized carbons (Fsp3) is 1.00. The van der Waals surface area contributed by atoms with Gasteiger partial charge in [0.15, 0.2) is 0 Å². The number of ether oxygens (including phenoxy) is 1. The lowest BCUT2D eigenvalue weighted by Crippen LogP contribution is -2.46. The molecule has 0 aromatic rings. The molecule has 0 bridgehead atoms. The molecule has 1 unspecified atom stereocenters. The van der Waals surface area contributed by atoms with Crippen molar-refractivity contribution in [2.24, 2.45) is 0 Å². The average Bonchev–Trinajstić information content (AvgIpc) is 1.85. The van der Waals surface area contributed by atoms with Gasteiger partial charge < -0.3 is 4.74 Å². The molecule has 0 saturated carbocycles. The molecule has 0 amide bonds. The molecule has 1 atom stereocenters. The Hall–Kier alpha value is -0.460. The number of hydrogen-bond donors (Lipinski definition) is 0. The van der Waals surface area contributed by atoms with Crippen LogP contribution in [0, 0.1) is 0 Å². The summed E-state index contributed by atoms with van der Waals surface area (Å²) in [5.74, 6) is -5.44. The normalized spacial score (nSPS) is 16.2. The summed E-state index contributed by atoms with van der Waals surface area (Å²) in [5.41, 5.74) is 0. The summed E-state index contributed by atoms with van der Waals surface area (Å²) >= 11 is 0. The lowest BCUT2D eigenvalue weighted by atomic mass is 10.3. The van der Waals surface area contributed by atoms with Crippen LogP contribution in [0.3, 0.4) is 0 Å². The van der Waals surface area contributed by atoms with Crippen molar-refractivity contribution in [2.75, 3.05) is 6.61 Å². The lowest BCUT2D eigenvalue weighted by Gasteiger charge is -2.22. The van der Waals surface area contributed by atoms with E-state index in [1.165, 1.54) is 0 Å². The molecular weight excluding hydrogens is 190 g/mol. The van der Waals surface area contributed by atoms with Crippen LogP contribution in [0.2, 0.25) is 0 Å². The largest absolute Gasteiger partial charge is 0.459 e. The highest BCUT2D eigenvalue weighted by molar-refractivity contribution is 4.78. The minimum Gasteiger partial charge on any atom is -0.344 e. The van der Waals surface area contributed by atoms with Gasteiger partial charge in [-0.05, 0) is 6.92 Å². The molecule has 1 nitrogen and oxygen atoms in total. The van der Waals surface area contributed by atoms with E-state index >= 15 is 0 Å². The van der Waals surface area contributed by atoms with E-state index < -0.39 is 25.1 Å². The van der Waals surface area contributed by atoms with Gasteiger partial charge in [-0.2, -0.15) is 22.0 Å². The van der Waals surface area contributed by atoms with Gasteiger partial charge in [-0.25, -0.2) is 4.39 Å². The van der Waals surface area contributed by atoms with Crippen LogP contribution < -0.4 is 0 Å². The Balaban J connectivity index is 4.38. The van der Waals surface area contributed by atoms with Crippen molar-refractivity contribution in [2.45, 2.75) is 25.4 Å². The van der Waals surface area contributed by atoms with Crippen molar-refractivity contribution < 1.29 is 31.1 Å². The molecule has 0 aromatic heterocycles. The van der Waals surface area contributed by atoms with Crippen molar-refractivity contribution >= 4 is 0 Å². The van der Waals surface area contributed by atoms with Crippen molar-refractivity contribution in [3.8, 4) is 0 Å². The summed E-state index contributed by atoms with van der Waals surface area (Å²) in [6.07, 6.45) is -9.55. The highest BCUT2D eigenvalue weighted by atomic mass is 19.4. The molecule has 0 N–H and O–H groups in total. The predicted octanol–water partition coefficient (Wildman–Crippen LogP) is 2.52. The van der Waals surface area contributed by atoms with Crippen LogP contribution in [0.15, 0.2) is 0 Å². The predicted molar refractivity (Wildman–Crippen MR) is 27.5 cm³/mol. The smallest absolute Gasteiger partial charge is 0.344 e. The highest BCUT2D eigenvalue weighted by Crippen LogP contribution is 2.39. The SMILES string of the molecule is CCOC(F)C(F)(F)C(F)(F)F. The van der Waals surface area contributed by atoms with Crippen LogP contribution in [0.25, 0.3) is 0 Å². The average molecular weight is 196 g/mol. The van der Waals surface area contributed by atoms with Crippen LogP contribution in [0.5, 0.6) is 0 Å². The zero-order valence-electron chi connectivity index (χ0n) is 5.96. The van der Waals surface area contributed by atoms with Gasteiger partial charge >= 0.3 is 12.1 Å². The standard InChI is InChI=1S/C5H6F6O/c1-2-12-3(6)4(7,8)5(9,10)11/h3H,2H2,1H3. The molecule has 0 heterocycles. The Morgan fingerprint density at radius 2 is 1.58 bits per heavy atom. The van der Waals surface area contributed by atoms with Gasteiger partial charge in [0.05, 0.1) is 0 Å². The van der Waals surface area contributed by atoms with Crippen molar-refractivity contribution in [1.29, 1.82) is 0 Å². The monoisotopic (exact) mass is 196 g/mol. The number of halogens is 6. The van der Waals surface area contributed by atoms with E-state index in [4.69, 9.17) is 0 Å². The third-order valence-corrected chi connectivity index (χ3v) is 0.976. The Bertz CT molecular complexity index is 141. The lowest BCUT2D eigenvalue weighted by molar-refractivity contribution is -0.340. The maximum atomic E-state index is 12.0. The second kappa shape index (κ2) is 3.51. The summed E-state index contributed by atoms with van der Waals surface area (Å²) in [5, 5.41) is 0. The number of rotatable bonds is 3. The molecule has 0 aliphatic heterocycles. The third-order valence-electron chi connectivity index (χ3n) is 0.976. The molecule has 7 heteroatoms. The van der Waals surface area contributed by atoms with Crippen LogP contribution in [-0.4, -0.2) is 25.1 Å².